The molecule has 1 rings (SSSR count). The predicted molar refractivity (Wildman–Crippen MR) is 53.2 cm³/mol. The van der Waals surface area contributed by atoms with E-state index in [0.29, 0.717) is 12.5 Å². The molecule has 0 bridgehead atoms. The summed E-state index contributed by atoms with van der Waals surface area (Å²) in [6.45, 7) is 2.93. The molecule has 1 fully saturated rings. The molecule has 0 heterocycles. The van der Waals surface area contributed by atoms with Crippen LogP contribution >= 0.6 is 0 Å². The van der Waals surface area contributed by atoms with Crippen LogP contribution < -0.4 is 11.1 Å². The van der Waals surface area contributed by atoms with Crippen molar-refractivity contribution in [1.29, 1.82) is 0 Å². The maximum Gasteiger partial charge on any atom is 0.218 e. The highest BCUT2D eigenvalue weighted by atomic mass is 16.1. The molecule has 0 unspecified atom stereocenters. The lowest BCUT2D eigenvalue weighted by atomic mass is 10.00. The van der Waals surface area contributed by atoms with Crippen LogP contribution in [0.3, 0.4) is 0 Å². The first-order valence-corrected chi connectivity index (χ1v) is 5.22. The van der Waals surface area contributed by atoms with Gasteiger partial charge in [0, 0.05) is 19.0 Å². The molecule has 3 nitrogen and oxygen atoms in total. The van der Waals surface area contributed by atoms with Crippen LogP contribution in [0.25, 0.3) is 0 Å². The van der Waals surface area contributed by atoms with Gasteiger partial charge in [-0.2, -0.15) is 0 Å². The summed E-state index contributed by atoms with van der Waals surface area (Å²) in [5, 5.41) is 3.36. The molecule has 1 aliphatic carbocycles. The molecule has 76 valence electrons. The molecule has 1 atom stereocenters. The number of carbonyl (C=O) groups is 1. The van der Waals surface area contributed by atoms with E-state index in [-0.39, 0.29) is 5.91 Å². The first-order chi connectivity index (χ1) is 6.20. The third-order valence-corrected chi connectivity index (χ3v) is 2.94. The smallest absolute Gasteiger partial charge is 0.218 e. The van der Waals surface area contributed by atoms with Crippen molar-refractivity contribution < 1.29 is 4.79 Å². The maximum absolute atomic E-state index is 10.5. The Morgan fingerprint density at radius 3 is 2.69 bits per heavy atom. The Labute approximate surface area is 80.1 Å². The van der Waals surface area contributed by atoms with Gasteiger partial charge in [-0.1, -0.05) is 12.8 Å². The lowest BCUT2D eigenvalue weighted by Gasteiger charge is -2.19. The van der Waals surface area contributed by atoms with Crippen molar-refractivity contribution in [3.05, 3.63) is 0 Å². The molecule has 1 saturated carbocycles. The van der Waals surface area contributed by atoms with E-state index in [1.807, 2.05) is 0 Å². The fourth-order valence-corrected chi connectivity index (χ4v) is 2.05. The number of nitrogens with one attached hydrogen (secondary N) is 1. The minimum atomic E-state index is -0.217. The summed E-state index contributed by atoms with van der Waals surface area (Å²) in [7, 11) is 0. The van der Waals surface area contributed by atoms with Gasteiger partial charge >= 0.3 is 0 Å². The van der Waals surface area contributed by atoms with Crippen LogP contribution in [0.15, 0.2) is 0 Å². The maximum atomic E-state index is 10.5. The molecule has 0 aromatic rings. The third kappa shape index (κ3) is 3.77. The molecule has 0 aliphatic heterocycles. The molecule has 0 aromatic heterocycles. The highest BCUT2D eigenvalue weighted by Gasteiger charge is 2.20. The zero-order chi connectivity index (χ0) is 9.68. The third-order valence-electron chi connectivity index (χ3n) is 2.94. The van der Waals surface area contributed by atoms with E-state index in [4.69, 9.17) is 5.73 Å². The Morgan fingerprint density at radius 1 is 1.54 bits per heavy atom. The monoisotopic (exact) mass is 184 g/mol. The van der Waals surface area contributed by atoms with Gasteiger partial charge in [-0.3, -0.25) is 4.79 Å². The lowest BCUT2D eigenvalue weighted by molar-refractivity contribution is -0.117. The summed E-state index contributed by atoms with van der Waals surface area (Å²) in [5.74, 6) is 0.596. The van der Waals surface area contributed by atoms with E-state index in [0.717, 1.165) is 12.5 Å². The van der Waals surface area contributed by atoms with Gasteiger partial charge in [0.05, 0.1) is 0 Å². The Balaban J connectivity index is 2.09. The number of rotatable bonds is 5. The standard InChI is InChI=1S/C10H20N2O/c1-8(9-4-2-3-5-9)12-7-6-10(11)13/h8-9,12H,2-7H2,1H3,(H2,11,13)/t8-/m1/s1. The summed E-state index contributed by atoms with van der Waals surface area (Å²) >= 11 is 0. The van der Waals surface area contributed by atoms with E-state index in [1.165, 1.54) is 25.7 Å². The van der Waals surface area contributed by atoms with Crippen molar-refractivity contribution in [3.63, 3.8) is 0 Å². The number of amides is 1. The Hall–Kier alpha value is -0.570. The van der Waals surface area contributed by atoms with Crippen LogP contribution in [0.1, 0.15) is 39.0 Å². The largest absolute Gasteiger partial charge is 0.370 e. The number of hydrogen-bond acceptors (Lipinski definition) is 2. The fraction of sp³-hybridized carbons (Fsp3) is 0.900. The summed E-state index contributed by atoms with van der Waals surface area (Å²) in [6.07, 6.45) is 5.87. The van der Waals surface area contributed by atoms with Crippen LogP contribution in [0.4, 0.5) is 0 Å². The van der Waals surface area contributed by atoms with Gasteiger partial charge in [0.25, 0.3) is 0 Å². The zero-order valence-electron chi connectivity index (χ0n) is 8.38. The van der Waals surface area contributed by atoms with Crippen molar-refractivity contribution >= 4 is 5.91 Å². The van der Waals surface area contributed by atoms with Crippen LogP contribution in [0, 0.1) is 5.92 Å². The van der Waals surface area contributed by atoms with Crippen molar-refractivity contribution in [3.8, 4) is 0 Å². The number of hydrogen-bond donors (Lipinski definition) is 2. The fourth-order valence-electron chi connectivity index (χ4n) is 2.05. The first-order valence-electron chi connectivity index (χ1n) is 5.22. The number of primary amides is 1. The second-order valence-corrected chi connectivity index (χ2v) is 4.00. The van der Waals surface area contributed by atoms with Gasteiger partial charge in [0.15, 0.2) is 0 Å². The van der Waals surface area contributed by atoms with E-state index >= 15 is 0 Å². The van der Waals surface area contributed by atoms with Gasteiger partial charge in [0.1, 0.15) is 0 Å². The minimum absolute atomic E-state index is 0.217. The molecule has 1 amide bonds. The molecule has 1 aliphatic rings. The quantitative estimate of drug-likeness (QED) is 0.670. The highest BCUT2D eigenvalue weighted by molar-refractivity contribution is 5.73. The van der Waals surface area contributed by atoms with Gasteiger partial charge < -0.3 is 11.1 Å². The molecular formula is C10H20N2O. The van der Waals surface area contributed by atoms with Crippen molar-refractivity contribution in [1.82, 2.24) is 5.32 Å². The normalized spacial score (nSPS) is 20.4. The Bertz CT molecular complexity index is 164. The zero-order valence-corrected chi connectivity index (χ0v) is 8.38. The minimum Gasteiger partial charge on any atom is -0.370 e. The summed E-state index contributed by atoms with van der Waals surface area (Å²) < 4.78 is 0. The average Bonchev–Trinajstić information content (AvgIpc) is 2.55. The summed E-state index contributed by atoms with van der Waals surface area (Å²) in [6, 6.07) is 0.543. The van der Waals surface area contributed by atoms with Crippen LogP contribution in [0.2, 0.25) is 0 Å². The molecule has 0 saturated heterocycles. The second kappa shape index (κ2) is 5.22. The van der Waals surface area contributed by atoms with E-state index < -0.39 is 0 Å². The molecule has 13 heavy (non-hydrogen) atoms. The summed E-state index contributed by atoms with van der Waals surface area (Å²) in [4.78, 5) is 10.5. The van der Waals surface area contributed by atoms with Crippen molar-refractivity contribution in [2.75, 3.05) is 6.54 Å². The SMILES string of the molecule is C[C@@H](NCCC(N)=O)C1CCCC1. The Kier molecular flexibility index (Phi) is 4.22. The van der Waals surface area contributed by atoms with Crippen molar-refractivity contribution in [2.24, 2.45) is 11.7 Å². The molecule has 0 spiro atoms. The van der Waals surface area contributed by atoms with E-state index in [1.54, 1.807) is 0 Å². The second-order valence-electron chi connectivity index (χ2n) is 4.00. The van der Waals surface area contributed by atoms with Gasteiger partial charge in [0.2, 0.25) is 5.91 Å². The molecule has 0 radical (unpaired) electrons. The van der Waals surface area contributed by atoms with Crippen LogP contribution in [-0.4, -0.2) is 18.5 Å². The van der Waals surface area contributed by atoms with E-state index in [2.05, 4.69) is 12.2 Å². The number of nitrogens with two attached hydrogens (primary N) is 1. The molecule has 3 N–H and O–H groups in total. The molecule has 0 aromatic carbocycles. The van der Waals surface area contributed by atoms with Gasteiger partial charge in [-0.25, -0.2) is 0 Å². The number of carbonyl (C=O) groups excluding carboxylic acids is 1. The van der Waals surface area contributed by atoms with Gasteiger partial charge in [-0.15, -0.1) is 0 Å². The Morgan fingerprint density at radius 2 is 2.15 bits per heavy atom. The first kappa shape index (κ1) is 10.5. The molecule has 3 heteroatoms. The lowest BCUT2D eigenvalue weighted by Crippen LogP contribution is -2.34. The molecular weight excluding hydrogens is 164 g/mol. The van der Waals surface area contributed by atoms with Crippen LogP contribution in [-0.2, 0) is 4.79 Å². The van der Waals surface area contributed by atoms with Crippen molar-refractivity contribution in [2.45, 2.75) is 45.1 Å². The summed E-state index contributed by atoms with van der Waals surface area (Å²) in [5.41, 5.74) is 5.05. The highest BCUT2D eigenvalue weighted by Crippen LogP contribution is 2.27. The topological polar surface area (TPSA) is 55.1 Å². The van der Waals surface area contributed by atoms with Crippen LogP contribution in [0.5, 0.6) is 0 Å². The van der Waals surface area contributed by atoms with Gasteiger partial charge in [-0.05, 0) is 25.7 Å². The predicted octanol–water partition coefficient (Wildman–Crippen LogP) is 1.03. The average molecular weight is 184 g/mol. The van der Waals surface area contributed by atoms with E-state index in [9.17, 15) is 4.79 Å².